The van der Waals surface area contributed by atoms with Crippen LogP contribution in [-0.2, 0) is 16.0 Å². The van der Waals surface area contributed by atoms with E-state index in [9.17, 15) is 9.59 Å². The summed E-state index contributed by atoms with van der Waals surface area (Å²) < 4.78 is 0. The van der Waals surface area contributed by atoms with Gasteiger partial charge in [0.05, 0.1) is 0 Å². The van der Waals surface area contributed by atoms with E-state index in [1.807, 2.05) is 66.7 Å². The maximum Gasteiger partial charge on any atom is 0.159 e. The lowest BCUT2D eigenvalue weighted by molar-refractivity contribution is -0.115. The standard InChI is InChI=1S/C20H18O2/c21-16-19(14-18-10-5-2-6-11-18)15-20(22)13-7-12-17-8-3-1-4-9-17/h1-11,13-14,16H,12,15H2. The van der Waals surface area contributed by atoms with Gasteiger partial charge >= 0.3 is 0 Å². The number of carbonyl (C=O) groups excluding carboxylic acids is 2. The summed E-state index contributed by atoms with van der Waals surface area (Å²) >= 11 is 0. The van der Waals surface area contributed by atoms with Crippen molar-refractivity contribution in [3.05, 3.63) is 89.5 Å². The minimum atomic E-state index is -0.0646. The molecule has 0 saturated heterocycles. The Morgan fingerprint density at radius 2 is 1.55 bits per heavy atom. The predicted octanol–water partition coefficient (Wildman–Crippen LogP) is 4.03. The largest absolute Gasteiger partial charge is 0.298 e. The third-order valence-electron chi connectivity index (χ3n) is 3.18. The third kappa shape index (κ3) is 5.33. The first-order valence-electron chi connectivity index (χ1n) is 7.22. The van der Waals surface area contributed by atoms with E-state index in [0.717, 1.165) is 17.4 Å². The SMILES string of the molecule is O=CC(=Cc1ccccc1)CC(=O)C=CCc1ccccc1. The van der Waals surface area contributed by atoms with Crippen LogP contribution < -0.4 is 0 Å². The lowest BCUT2D eigenvalue weighted by Crippen LogP contribution is -1.97. The Hall–Kier alpha value is -2.74. The van der Waals surface area contributed by atoms with Gasteiger partial charge in [0.25, 0.3) is 0 Å². The minimum absolute atomic E-state index is 0.0646. The quantitative estimate of drug-likeness (QED) is 0.570. The zero-order valence-electron chi connectivity index (χ0n) is 12.3. The van der Waals surface area contributed by atoms with Gasteiger partial charge in [0.15, 0.2) is 5.78 Å². The molecule has 0 aliphatic rings. The minimum Gasteiger partial charge on any atom is -0.298 e. The summed E-state index contributed by atoms with van der Waals surface area (Å²) in [5, 5.41) is 0. The molecule has 0 aliphatic heterocycles. The molecule has 0 N–H and O–H groups in total. The van der Waals surface area contributed by atoms with Crippen molar-refractivity contribution in [3.63, 3.8) is 0 Å². The summed E-state index contributed by atoms with van der Waals surface area (Å²) in [4.78, 5) is 23.0. The summed E-state index contributed by atoms with van der Waals surface area (Å²) in [6.07, 6.45) is 6.72. The first-order valence-corrected chi connectivity index (χ1v) is 7.22. The highest BCUT2D eigenvalue weighted by atomic mass is 16.1. The van der Waals surface area contributed by atoms with E-state index in [-0.39, 0.29) is 12.2 Å². The van der Waals surface area contributed by atoms with Gasteiger partial charge in [0.1, 0.15) is 6.29 Å². The van der Waals surface area contributed by atoms with E-state index in [2.05, 4.69) is 0 Å². The second kappa shape index (κ2) is 8.53. The van der Waals surface area contributed by atoms with Crippen LogP contribution in [0.3, 0.4) is 0 Å². The number of hydrogen-bond acceptors (Lipinski definition) is 2. The molecule has 2 aromatic carbocycles. The molecule has 2 rings (SSSR count). The zero-order chi connectivity index (χ0) is 15.6. The average Bonchev–Trinajstić information content (AvgIpc) is 2.56. The Morgan fingerprint density at radius 3 is 2.18 bits per heavy atom. The van der Waals surface area contributed by atoms with E-state index in [1.54, 1.807) is 12.2 Å². The van der Waals surface area contributed by atoms with Crippen molar-refractivity contribution in [2.75, 3.05) is 0 Å². The van der Waals surface area contributed by atoms with E-state index in [1.165, 1.54) is 0 Å². The fourth-order valence-electron chi connectivity index (χ4n) is 2.09. The highest BCUT2D eigenvalue weighted by Gasteiger charge is 2.02. The van der Waals surface area contributed by atoms with Crippen molar-refractivity contribution >= 4 is 18.1 Å². The number of ketones is 1. The molecule has 0 spiro atoms. The van der Waals surface area contributed by atoms with E-state index in [0.29, 0.717) is 12.0 Å². The summed E-state index contributed by atoms with van der Waals surface area (Å²) in [6, 6.07) is 19.4. The zero-order valence-corrected chi connectivity index (χ0v) is 12.3. The maximum absolute atomic E-state index is 11.9. The monoisotopic (exact) mass is 290 g/mol. The lowest BCUT2D eigenvalue weighted by Gasteiger charge is -1.98. The first kappa shape index (κ1) is 15.6. The molecule has 22 heavy (non-hydrogen) atoms. The summed E-state index contributed by atoms with van der Waals surface area (Å²) in [7, 11) is 0. The predicted molar refractivity (Wildman–Crippen MR) is 89.4 cm³/mol. The van der Waals surface area contributed by atoms with Gasteiger partial charge in [0, 0.05) is 12.0 Å². The molecule has 0 saturated carbocycles. The van der Waals surface area contributed by atoms with Gasteiger partial charge in [-0.2, -0.15) is 0 Å². The second-order valence-corrected chi connectivity index (χ2v) is 4.98. The van der Waals surface area contributed by atoms with Crippen LogP contribution in [-0.4, -0.2) is 12.1 Å². The van der Waals surface area contributed by atoms with Crippen LogP contribution >= 0.6 is 0 Å². The molecular formula is C20H18O2. The van der Waals surface area contributed by atoms with E-state index < -0.39 is 0 Å². The summed E-state index contributed by atoms with van der Waals surface area (Å²) in [5.74, 6) is -0.0646. The molecule has 0 bridgehead atoms. The Kier molecular flexibility index (Phi) is 6.06. The Balaban J connectivity index is 1.92. The molecule has 0 unspecified atom stereocenters. The molecule has 2 heteroatoms. The number of allylic oxidation sites excluding steroid dienone is 3. The molecule has 0 radical (unpaired) electrons. The van der Waals surface area contributed by atoms with Gasteiger partial charge in [-0.15, -0.1) is 0 Å². The number of benzene rings is 2. The van der Waals surface area contributed by atoms with Crippen molar-refractivity contribution in [2.24, 2.45) is 0 Å². The highest BCUT2D eigenvalue weighted by Crippen LogP contribution is 2.09. The Morgan fingerprint density at radius 1 is 0.909 bits per heavy atom. The number of rotatable bonds is 7. The van der Waals surface area contributed by atoms with Gasteiger partial charge < -0.3 is 0 Å². The molecular weight excluding hydrogens is 272 g/mol. The van der Waals surface area contributed by atoms with Crippen LogP contribution in [0.1, 0.15) is 17.5 Å². The summed E-state index contributed by atoms with van der Waals surface area (Å²) in [5.41, 5.74) is 2.56. The van der Waals surface area contributed by atoms with Crippen molar-refractivity contribution in [2.45, 2.75) is 12.8 Å². The molecule has 0 amide bonds. The fraction of sp³-hybridized carbons (Fsp3) is 0.100. The first-order chi connectivity index (χ1) is 10.8. The smallest absolute Gasteiger partial charge is 0.159 e. The molecule has 0 aromatic heterocycles. The number of carbonyl (C=O) groups is 2. The molecule has 2 aromatic rings. The van der Waals surface area contributed by atoms with Crippen molar-refractivity contribution in [3.8, 4) is 0 Å². The molecule has 0 heterocycles. The van der Waals surface area contributed by atoms with Crippen LogP contribution in [0.15, 0.2) is 78.4 Å². The average molecular weight is 290 g/mol. The second-order valence-electron chi connectivity index (χ2n) is 4.98. The summed E-state index contributed by atoms with van der Waals surface area (Å²) in [6.45, 7) is 0. The van der Waals surface area contributed by atoms with Crippen LogP contribution in [0.5, 0.6) is 0 Å². The lowest BCUT2D eigenvalue weighted by atomic mass is 10.1. The maximum atomic E-state index is 11.9. The van der Waals surface area contributed by atoms with Crippen LogP contribution in [0.4, 0.5) is 0 Å². The highest BCUT2D eigenvalue weighted by molar-refractivity contribution is 5.98. The van der Waals surface area contributed by atoms with Crippen molar-refractivity contribution in [1.29, 1.82) is 0 Å². The van der Waals surface area contributed by atoms with Crippen molar-refractivity contribution < 1.29 is 9.59 Å². The molecule has 0 fully saturated rings. The number of aldehydes is 1. The molecule has 0 atom stereocenters. The van der Waals surface area contributed by atoms with Crippen LogP contribution in [0.25, 0.3) is 6.08 Å². The molecule has 110 valence electrons. The van der Waals surface area contributed by atoms with Gasteiger partial charge in [-0.1, -0.05) is 66.7 Å². The van der Waals surface area contributed by atoms with Crippen LogP contribution in [0, 0.1) is 0 Å². The van der Waals surface area contributed by atoms with Gasteiger partial charge in [0.2, 0.25) is 0 Å². The Labute approximate surface area is 130 Å². The van der Waals surface area contributed by atoms with Crippen LogP contribution in [0.2, 0.25) is 0 Å². The fourth-order valence-corrected chi connectivity index (χ4v) is 2.09. The molecule has 2 nitrogen and oxygen atoms in total. The topological polar surface area (TPSA) is 34.1 Å². The van der Waals surface area contributed by atoms with E-state index in [4.69, 9.17) is 0 Å². The van der Waals surface area contributed by atoms with Crippen molar-refractivity contribution in [1.82, 2.24) is 0 Å². The van der Waals surface area contributed by atoms with Gasteiger partial charge in [-0.05, 0) is 29.7 Å². The molecule has 0 aliphatic carbocycles. The third-order valence-corrected chi connectivity index (χ3v) is 3.18. The van der Waals surface area contributed by atoms with Gasteiger partial charge in [-0.3, -0.25) is 9.59 Å². The van der Waals surface area contributed by atoms with E-state index >= 15 is 0 Å². The normalized spacial score (nSPS) is 11.5. The van der Waals surface area contributed by atoms with Gasteiger partial charge in [-0.25, -0.2) is 0 Å². The number of hydrogen-bond donors (Lipinski definition) is 0. The Bertz CT molecular complexity index is 667.